The summed E-state index contributed by atoms with van der Waals surface area (Å²) in [6.45, 7) is 2.04. The molecule has 0 radical (unpaired) electrons. The number of nitrogens with one attached hydrogen (secondary N) is 1. The maximum Gasteiger partial charge on any atom is 0.240 e. The summed E-state index contributed by atoms with van der Waals surface area (Å²) in [5.74, 6) is 1.98. The molecule has 5 rings (SSSR count). The summed E-state index contributed by atoms with van der Waals surface area (Å²) < 4.78 is 28.6. The van der Waals surface area contributed by atoms with E-state index in [0.29, 0.717) is 16.7 Å². The maximum atomic E-state index is 12.8. The molecule has 0 saturated heterocycles. The Kier molecular flexibility index (Phi) is 4.09. The van der Waals surface area contributed by atoms with Gasteiger partial charge in [0.25, 0.3) is 0 Å². The Morgan fingerprint density at radius 2 is 1.92 bits per heavy atom. The number of benzene rings is 1. The van der Waals surface area contributed by atoms with Gasteiger partial charge in [-0.2, -0.15) is 0 Å². The van der Waals surface area contributed by atoms with Crippen LogP contribution < -0.4 is 4.72 Å². The molecular weight excluding hydrogens is 320 g/mol. The molecule has 1 N–H and O–H groups in total. The van der Waals surface area contributed by atoms with Gasteiger partial charge in [0.15, 0.2) is 0 Å². The highest BCUT2D eigenvalue weighted by molar-refractivity contribution is 7.89. The number of rotatable bonds is 4. The molecule has 2 aromatic rings. The standard InChI is InChI=1S/C19H24N2O2S/c1-13(19-10-14-2-4-15(19)5-3-14)21-24(22,23)18-7-6-17-12-20-9-8-16(17)11-18/h6-9,11-15,19,21H,2-5,10H2,1H3. The Hall–Kier alpha value is -1.46. The van der Waals surface area contributed by atoms with Crippen LogP contribution in [0.4, 0.5) is 0 Å². The quantitative estimate of drug-likeness (QED) is 0.919. The summed E-state index contributed by atoms with van der Waals surface area (Å²) in [6, 6.07) is 7.07. The fourth-order valence-corrected chi connectivity index (χ4v) is 6.00. The zero-order valence-corrected chi connectivity index (χ0v) is 14.8. The zero-order chi connectivity index (χ0) is 16.7. The molecule has 24 heavy (non-hydrogen) atoms. The first kappa shape index (κ1) is 16.0. The molecule has 1 aromatic heterocycles. The summed E-state index contributed by atoms with van der Waals surface area (Å²) in [5, 5.41) is 1.85. The lowest BCUT2D eigenvalue weighted by Crippen LogP contribution is -2.45. The third kappa shape index (κ3) is 2.95. The van der Waals surface area contributed by atoms with Crippen molar-refractivity contribution in [1.82, 2.24) is 9.71 Å². The minimum Gasteiger partial charge on any atom is -0.264 e. The fraction of sp³-hybridized carbons (Fsp3) is 0.526. The first-order valence-electron chi connectivity index (χ1n) is 8.89. The molecule has 4 nitrogen and oxygen atoms in total. The highest BCUT2D eigenvalue weighted by Crippen LogP contribution is 2.46. The smallest absolute Gasteiger partial charge is 0.240 e. The van der Waals surface area contributed by atoms with E-state index < -0.39 is 10.0 Å². The second kappa shape index (κ2) is 6.12. The van der Waals surface area contributed by atoms with Crippen molar-refractivity contribution in [2.75, 3.05) is 0 Å². The third-order valence-electron chi connectivity index (χ3n) is 6.01. The second-order valence-electron chi connectivity index (χ2n) is 7.47. The van der Waals surface area contributed by atoms with Gasteiger partial charge in [-0.3, -0.25) is 4.98 Å². The SMILES string of the molecule is CC(NS(=O)(=O)c1ccc2cnccc2c1)C1CC2CCC1CC2. The van der Waals surface area contributed by atoms with E-state index in [1.165, 1.54) is 32.1 Å². The van der Waals surface area contributed by atoms with Crippen molar-refractivity contribution < 1.29 is 8.42 Å². The van der Waals surface area contributed by atoms with Crippen LogP contribution in [0.25, 0.3) is 10.8 Å². The van der Waals surface area contributed by atoms with E-state index in [-0.39, 0.29) is 6.04 Å². The van der Waals surface area contributed by atoms with E-state index in [9.17, 15) is 8.42 Å². The predicted octanol–water partition coefficient (Wildman–Crippen LogP) is 3.73. The van der Waals surface area contributed by atoms with E-state index >= 15 is 0 Å². The van der Waals surface area contributed by atoms with Crippen LogP contribution in [0, 0.1) is 17.8 Å². The number of fused-ring (bicyclic) bond motifs is 4. The van der Waals surface area contributed by atoms with Gasteiger partial charge in [0.2, 0.25) is 10.0 Å². The lowest BCUT2D eigenvalue weighted by atomic mass is 9.63. The number of nitrogens with zero attached hydrogens (tertiary/aromatic N) is 1. The van der Waals surface area contributed by atoms with Crippen LogP contribution in [-0.2, 0) is 10.0 Å². The minimum absolute atomic E-state index is 0.00348. The van der Waals surface area contributed by atoms with Gasteiger partial charge in [0.05, 0.1) is 4.90 Å². The molecule has 3 aliphatic rings. The lowest BCUT2D eigenvalue weighted by Gasteiger charge is -2.45. The van der Waals surface area contributed by atoms with Gasteiger partial charge < -0.3 is 0 Å². The first-order valence-corrected chi connectivity index (χ1v) is 10.4. The summed E-state index contributed by atoms with van der Waals surface area (Å²) >= 11 is 0. The zero-order valence-electron chi connectivity index (χ0n) is 14.0. The van der Waals surface area contributed by atoms with Crippen molar-refractivity contribution in [1.29, 1.82) is 0 Å². The van der Waals surface area contributed by atoms with Crippen LogP contribution >= 0.6 is 0 Å². The maximum absolute atomic E-state index is 12.8. The summed E-state index contributed by atoms with van der Waals surface area (Å²) in [5.41, 5.74) is 0. The Morgan fingerprint density at radius 1 is 1.12 bits per heavy atom. The van der Waals surface area contributed by atoms with Crippen molar-refractivity contribution >= 4 is 20.8 Å². The van der Waals surface area contributed by atoms with Gasteiger partial charge in [0, 0.05) is 23.8 Å². The van der Waals surface area contributed by atoms with Crippen molar-refractivity contribution in [2.24, 2.45) is 17.8 Å². The van der Waals surface area contributed by atoms with Gasteiger partial charge in [-0.05, 0) is 67.5 Å². The highest BCUT2D eigenvalue weighted by atomic mass is 32.2. The topological polar surface area (TPSA) is 59.1 Å². The first-order chi connectivity index (χ1) is 11.5. The van der Waals surface area contributed by atoms with Crippen LogP contribution in [0.2, 0.25) is 0 Å². The predicted molar refractivity (Wildman–Crippen MR) is 95.1 cm³/mol. The molecule has 2 atom stereocenters. The molecule has 3 fully saturated rings. The molecule has 0 amide bonds. The van der Waals surface area contributed by atoms with E-state index in [0.717, 1.165) is 16.7 Å². The summed E-state index contributed by atoms with van der Waals surface area (Å²) in [7, 11) is -3.49. The summed E-state index contributed by atoms with van der Waals surface area (Å²) in [4.78, 5) is 4.41. The molecule has 3 saturated carbocycles. The molecule has 3 aliphatic carbocycles. The van der Waals surface area contributed by atoms with E-state index in [1.807, 2.05) is 19.1 Å². The van der Waals surface area contributed by atoms with Gasteiger partial charge in [0.1, 0.15) is 0 Å². The highest BCUT2D eigenvalue weighted by Gasteiger charge is 2.39. The van der Waals surface area contributed by atoms with Crippen molar-refractivity contribution in [3.05, 3.63) is 36.7 Å². The van der Waals surface area contributed by atoms with Gasteiger partial charge in [-0.15, -0.1) is 0 Å². The largest absolute Gasteiger partial charge is 0.264 e. The molecular formula is C19H24N2O2S. The van der Waals surface area contributed by atoms with Crippen molar-refractivity contribution in [2.45, 2.75) is 50.0 Å². The summed E-state index contributed by atoms with van der Waals surface area (Å²) in [6.07, 6.45) is 9.82. The molecule has 1 aromatic carbocycles. The van der Waals surface area contributed by atoms with E-state index in [1.54, 1.807) is 24.5 Å². The Morgan fingerprint density at radius 3 is 2.62 bits per heavy atom. The van der Waals surface area contributed by atoms with Gasteiger partial charge in [-0.25, -0.2) is 13.1 Å². The van der Waals surface area contributed by atoms with Crippen molar-refractivity contribution in [3.8, 4) is 0 Å². The molecule has 2 unspecified atom stereocenters. The Labute approximate surface area is 143 Å². The van der Waals surface area contributed by atoms with Crippen LogP contribution in [0.5, 0.6) is 0 Å². The van der Waals surface area contributed by atoms with Gasteiger partial charge >= 0.3 is 0 Å². The number of sulfonamides is 1. The van der Waals surface area contributed by atoms with Crippen LogP contribution in [0.3, 0.4) is 0 Å². The number of hydrogen-bond donors (Lipinski definition) is 1. The number of hydrogen-bond acceptors (Lipinski definition) is 3. The molecule has 0 aliphatic heterocycles. The molecule has 2 bridgehead atoms. The van der Waals surface area contributed by atoms with Crippen LogP contribution in [0.1, 0.15) is 39.0 Å². The Bertz CT molecular complexity index is 841. The second-order valence-corrected chi connectivity index (χ2v) is 9.19. The number of aromatic nitrogens is 1. The number of pyridine rings is 1. The molecule has 128 valence electrons. The van der Waals surface area contributed by atoms with E-state index in [2.05, 4.69) is 9.71 Å². The Balaban J connectivity index is 1.55. The third-order valence-corrected chi connectivity index (χ3v) is 7.56. The average molecular weight is 344 g/mol. The van der Waals surface area contributed by atoms with E-state index in [4.69, 9.17) is 0 Å². The minimum atomic E-state index is -3.49. The van der Waals surface area contributed by atoms with Crippen molar-refractivity contribution in [3.63, 3.8) is 0 Å². The van der Waals surface area contributed by atoms with Gasteiger partial charge in [-0.1, -0.05) is 18.9 Å². The normalized spacial score (nSPS) is 28.1. The lowest BCUT2D eigenvalue weighted by molar-refractivity contribution is 0.0810. The fourth-order valence-electron chi connectivity index (χ4n) is 4.67. The molecule has 1 heterocycles. The van der Waals surface area contributed by atoms with Crippen LogP contribution in [-0.4, -0.2) is 19.4 Å². The monoisotopic (exact) mass is 344 g/mol. The molecule has 0 spiro atoms. The molecule has 5 heteroatoms. The average Bonchev–Trinajstić information content (AvgIpc) is 2.62. The van der Waals surface area contributed by atoms with Crippen LogP contribution in [0.15, 0.2) is 41.6 Å².